The molecule has 0 N–H and O–H groups in total. The molecule has 1 atom stereocenters. The number of nitro groups is 1. The van der Waals surface area contributed by atoms with Crippen LogP contribution in [0.25, 0.3) is 16.5 Å². The Labute approximate surface area is 132 Å². The van der Waals surface area contributed by atoms with Gasteiger partial charge in [-0.15, -0.1) is 10.2 Å². The van der Waals surface area contributed by atoms with Crippen molar-refractivity contribution in [3.63, 3.8) is 0 Å². The number of hydrogen-bond acceptors (Lipinski definition) is 8. The minimum atomic E-state index is -0.482. The van der Waals surface area contributed by atoms with E-state index in [0.29, 0.717) is 21.6 Å². The van der Waals surface area contributed by atoms with E-state index in [1.807, 2.05) is 6.92 Å². The lowest BCUT2D eigenvalue weighted by Crippen LogP contribution is -2.07. The summed E-state index contributed by atoms with van der Waals surface area (Å²) in [6.07, 6.45) is 4.14. The van der Waals surface area contributed by atoms with Crippen molar-refractivity contribution in [3.8, 4) is 11.6 Å². The molecule has 0 radical (unpaired) electrons. The molecule has 0 fully saturated rings. The van der Waals surface area contributed by atoms with Crippen LogP contribution in [0, 0.1) is 10.1 Å². The first-order valence-electron chi connectivity index (χ1n) is 6.58. The molecule has 0 amide bonds. The molecular weight excluding hydrogens is 322 g/mol. The van der Waals surface area contributed by atoms with Gasteiger partial charge in [0.1, 0.15) is 23.4 Å². The molecule has 4 aromatic heterocycles. The van der Waals surface area contributed by atoms with Gasteiger partial charge in [0.25, 0.3) is 0 Å². The van der Waals surface area contributed by atoms with Gasteiger partial charge in [-0.1, -0.05) is 11.3 Å². The Morgan fingerprint density at radius 2 is 2.30 bits per heavy atom. The molecule has 0 bridgehead atoms. The van der Waals surface area contributed by atoms with Crippen LogP contribution >= 0.6 is 11.3 Å². The van der Waals surface area contributed by atoms with E-state index in [1.165, 1.54) is 28.4 Å². The molecule has 116 valence electrons. The number of furan rings is 1. The molecule has 0 saturated heterocycles. The summed E-state index contributed by atoms with van der Waals surface area (Å²) < 4.78 is 8.41. The number of rotatable bonds is 4. The first-order valence-corrected chi connectivity index (χ1v) is 7.39. The fourth-order valence-electron chi connectivity index (χ4n) is 2.11. The molecule has 23 heavy (non-hydrogen) atoms. The summed E-state index contributed by atoms with van der Waals surface area (Å²) in [5.74, 6) is 1.07. The highest BCUT2D eigenvalue weighted by molar-refractivity contribution is 7.16. The van der Waals surface area contributed by atoms with Gasteiger partial charge < -0.3 is 4.42 Å². The van der Waals surface area contributed by atoms with Crippen LogP contribution in [0.3, 0.4) is 0 Å². The lowest BCUT2D eigenvalue weighted by Gasteiger charge is -2.06. The maximum Gasteiger partial charge on any atom is 0.307 e. The van der Waals surface area contributed by atoms with Crippen LogP contribution in [0.4, 0.5) is 5.69 Å². The second-order valence-electron chi connectivity index (χ2n) is 4.75. The maximum atomic E-state index is 10.8. The van der Waals surface area contributed by atoms with Crippen molar-refractivity contribution in [1.29, 1.82) is 0 Å². The highest BCUT2D eigenvalue weighted by Crippen LogP contribution is 2.27. The number of fused-ring (bicyclic) bond motifs is 1. The monoisotopic (exact) mass is 331 g/mol. The van der Waals surface area contributed by atoms with Crippen LogP contribution in [0.1, 0.15) is 18.0 Å². The van der Waals surface area contributed by atoms with E-state index in [2.05, 4.69) is 20.4 Å². The number of nitrogens with zero attached hydrogens (tertiary/aromatic N) is 7. The third kappa shape index (κ3) is 2.17. The Kier molecular flexibility index (Phi) is 2.94. The predicted octanol–water partition coefficient (Wildman–Crippen LogP) is 2.16. The Bertz CT molecular complexity index is 984. The van der Waals surface area contributed by atoms with Crippen molar-refractivity contribution >= 4 is 22.0 Å². The molecule has 4 heterocycles. The quantitative estimate of drug-likeness (QED) is 0.415. The first kappa shape index (κ1) is 13.6. The molecule has 10 nitrogen and oxygen atoms in total. The van der Waals surface area contributed by atoms with Gasteiger partial charge >= 0.3 is 5.69 Å². The lowest BCUT2D eigenvalue weighted by molar-refractivity contribution is -0.385. The zero-order valence-corrected chi connectivity index (χ0v) is 12.5. The fraction of sp³-hybridized carbons (Fsp3) is 0.167. The minimum absolute atomic E-state index is 0.0591. The van der Waals surface area contributed by atoms with Crippen molar-refractivity contribution < 1.29 is 9.34 Å². The number of aromatic nitrogens is 6. The van der Waals surface area contributed by atoms with Crippen LogP contribution < -0.4 is 0 Å². The summed E-state index contributed by atoms with van der Waals surface area (Å²) in [4.78, 5) is 10.9. The van der Waals surface area contributed by atoms with Crippen LogP contribution in [0.2, 0.25) is 0 Å². The van der Waals surface area contributed by atoms with Crippen LogP contribution in [-0.4, -0.2) is 34.5 Å². The fourth-order valence-corrected chi connectivity index (χ4v) is 2.99. The molecule has 11 heteroatoms. The zero-order chi connectivity index (χ0) is 16.0. The van der Waals surface area contributed by atoms with Crippen molar-refractivity contribution in [1.82, 2.24) is 29.6 Å². The Morgan fingerprint density at radius 3 is 3.00 bits per heavy atom. The van der Waals surface area contributed by atoms with Gasteiger partial charge in [-0.25, -0.2) is 0 Å². The molecule has 0 aliphatic carbocycles. The summed E-state index contributed by atoms with van der Waals surface area (Å²) >= 11 is 1.34. The molecule has 4 rings (SSSR count). The molecular formula is C12H9N7O3S. The predicted molar refractivity (Wildman–Crippen MR) is 79.1 cm³/mol. The van der Waals surface area contributed by atoms with E-state index in [1.54, 1.807) is 22.9 Å². The Hall–Kier alpha value is -3.08. The van der Waals surface area contributed by atoms with Gasteiger partial charge in [0, 0.05) is 0 Å². The summed E-state index contributed by atoms with van der Waals surface area (Å²) in [5.41, 5.74) is -0.0591. The summed E-state index contributed by atoms with van der Waals surface area (Å²) in [7, 11) is 0. The molecule has 0 spiro atoms. The second kappa shape index (κ2) is 4.98. The molecule has 0 aliphatic rings. The normalized spacial score (nSPS) is 12.7. The van der Waals surface area contributed by atoms with E-state index in [0.717, 1.165) is 0 Å². The third-order valence-corrected chi connectivity index (χ3v) is 4.37. The molecule has 0 aromatic carbocycles. The maximum absolute atomic E-state index is 10.8. The van der Waals surface area contributed by atoms with E-state index >= 15 is 0 Å². The summed E-state index contributed by atoms with van der Waals surface area (Å²) in [6, 6.07) is 3.27. The SMILES string of the molecule is C[C@H](c1nn2c(-c3ccco3)nnc2s1)n1cc([N+](=O)[O-])cn1. The van der Waals surface area contributed by atoms with Gasteiger partial charge in [-0.2, -0.15) is 14.7 Å². The smallest absolute Gasteiger partial charge is 0.307 e. The third-order valence-electron chi connectivity index (χ3n) is 3.30. The van der Waals surface area contributed by atoms with E-state index in [4.69, 9.17) is 4.42 Å². The zero-order valence-electron chi connectivity index (χ0n) is 11.7. The van der Waals surface area contributed by atoms with Crippen LogP contribution in [0.5, 0.6) is 0 Å². The van der Waals surface area contributed by atoms with Crippen LogP contribution in [-0.2, 0) is 0 Å². The van der Waals surface area contributed by atoms with Crippen molar-refractivity contribution in [3.05, 3.63) is 45.9 Å². The Balaban J connectivity index is 1.72. The molecule has 4 aromatic rings. The largest absolute Gasteiger partial charge is 0.461 e. The standard InChI is InChI=1S/C12H9N7O3S/c1-7(17-6-8(5-13-17)19(20)21)11-16-18-10(9-3-2-4-22-9)14-15-12(18)23-11/h2-7H,1H3/t7-/m1/s1. The van der Waals surface area contributed by atoms with Crippen molar-refractivity contribution in [2.75, 3.05) is 0 Å². The highest BCUT2D eigenvalue weighted by atomic mass is 32.1. The number of hydrogen-bond donors (Lipinski definition) is 0. The van der Waals surface area contributed by atoms with Gasteiger partial charge in [-0.3, -0.25) is 14.8 Å². The van der Waals surface area contributed by atoms with E-state index in [9.17, 15) is 10.1 Å². The minimum Gasteiger partial charge on any atom is -0.461 e. The molecule has 0 aliphatic heterocycles. The lowest BCUT2D eigenvalue weighted by atomic mass is 10.4. The Morgan fingerprint density at radius 1 is 1.43 bits per heavy atom. The highest BCUT2D eigenvalue weighted by Gasteiger charge is 2.21. The summed E-state index contributed by atoms with van der Waals surface area (Å²) in [6.45, 7) is 1.86. The molecule has 0 saturated carbocycles. The van der Waals surface area contributed by atoms with Gasteiger partial charge in [0.05, 0.1) is 11.2 Å². The average Bonchev–Trinajstić information content (AvgIpc) is 3.27. The summed E-state index contributed by atoms with van der Waals surface area (Å²) in [5, 5.41) is 28.1. The van der Waals surface area contributed by atoms with Crippen LogP contribution in [0.15, 0.2) is 35.2 Å². The van der Waals surface area contributed by atoms with E-state index < -0.39 is 4.92 Å². The average molecular weight is 331 g/mol. The first-order chi connectivity index (χ1) is 11.1. The van der Waals surface area contributed by atoms with Crippen molar-refractivity contribution in [2.45, 2.75) is 13.0 Å². The van der Waals surface area contributed by atoms with Gasteiger partial charge in [-0.05, 0) is 19.1 Å². The molecule has 0 unspecified atom stereocenters. The van der Waals surface area contributed by atoms with E-state index in [-0.39, 0.29) is 11.7 Å². The van der Waals surface area contributed by atoms with Gasteiger partial charge in [0.2, 0.25) is 10.8 Å². The van der Waals surface area contributed by atoms with Gasteiger partial charge in [0.15, 0.2) is 5.76 Å². The second-order valence-corrected chi connectivity index (χ2v) is 5.73. The topological polar surface area (TPSA) is 117 Å². The van der Waals surface area contributed by atoms with Crippen molar-refractivity contribution in [2.24, 2.45) is 0 Å².